The van der Waals surface area contributed by atoms with E-state index < -0.39 is 18.1 Å². The summed E-state index contributed by atoms with van der Waals surface area (Å²) < 4.78 is 0. The smallest absolute Gasteiger partial charge is 0.320 e. The first-order valence-electron chi connectivity index (χ1n) is 4.69. The van der Waals surface area contributed by atoms with Crippen LogP contribution in [0.15, 0.2) is 0 Å². The number of rotatable bonds is 5. The number of carbonyl (C=O) groups is 1. The molecule has 4 nitrogen and oxygen atoms in total. The molecule has 4 heteroatoms. The number of nitrogens with one attached hydrogen (secondary N) is 1. The predicted molar refractivity (Wildman–Crippen MR) is 48.4 cm³/mol. The third kappa shape index (κ3) is 2.97. The van der Waals surface area contributed by atoms with Crippen LogP contribution in [0.4, 0.5) is 0 Å². The third-order valence-corrected chi connectivity index (χ3v) is 2.53. The second-order valence-electron chi connectivity index (χ2n) is 3.85. The normalized spacial score (nSPS) is 23.6. The van der Waals surface area contributed by atoms with E-state index in [0.717, 1.165) is 12.8 Å². The Morgan fingerprint density at radius 1 is 1.46 bits per heavy atom. The zero-order valence-corrected chi connectivity index (χ0v) is 8.03. The number of hydrogen-bond donors (Lipinski definition) is 3. The number of carboxylic acids is 1. The fourth-order valence-corrected chi connectivity index (χ4v) is 1.26. The Morgan fingerprint density at radius 3 is 2.31 bits per heavy atom. The molecule has 13 heavy (non-hydrogen) atoms. The van der Waals surface area contributed by atoms with Gasteiger partial charge in [-0.05, 0) is 32.6 Å². The molecule has 0 aromatic carbocycles. The number of aliphatic hydroxyl groups is 1. The minimum Gasteiger partial charge on any atom is -0.480 e. The first kappa shape index (κ1) is 10.5. The molecule has 76 valence electrons. The molecule has 0 aromatic rings. The second-order valence-corrected chi connectivity index (χ2v) is 3.85. The third-order valence-electron chi connectivity index (χ3n) is 2.53. The number of carboxylic acid groups (broad SMARTS) is 1. The van der Waals surface area contributed by atoms with Crippen LogP contribution < -0.4 is 5.32 Å². The summed E-state index contributed by atoms with van der Waals surface area (Å²) in [5, 5.41) is 21.0. The van der Waals surface area contributed by atoms with E-state index in [1.165, 1.54) is 0 Å². The number of aliphatic hydroxyl groups excluding tert-OH is 1. The van der Waals surface area contributed by atoms with Gasteiger partial charge >= 0.3 is 5.97 Å². The van der Waals surface area contributed by atoms with Crippen LogP contribution in [0.5, 0.6) is 0 Å². The highest BCUT2D eigenvalue weighted by atomic mass is 16.4. The van der Waals surface area contributed by atoms with Crippen molar-refractivity contribution in [3.8, 4) is 0 Å². The van der Waals surface area contributed by atoms with E-state index in [4.69, 9.17) is 5.11 Å². The standard InChI is InChI=1S/C9H17NO3/c1-5(6(2)11)10-8(9(12)13)7-3-4-7/h5-8,10-11H,3-4H2,1-2H3,(H,12,13). The Bertz CT molecular complexity index is 189. The van der Waals surface area contributed by atoms with Crippen LogP contribution >= 0.6 is 0 Å². The SMILES string of the molecule is CC(O)C(C)NC(C(=O)O)C1CC1. The number of aliphatic carboxylic acids is 1. The lowest BCUT2D eigenvalue weighted by atomic mass is 10.1. The predicted octanol–water partition coefficient (Wildman–Crippen LogP) is 0.208. The molecule has 1 saturated carbocycles. The van der Waals surface area contributed by atoms with Gasteiger partial charge in [0, 0.05) is 6.04 Å². The molecule has 1 fully saturated rings. The molecule has 0 aliphatic heterocycles. The largest absolute Gasteiger partial charge is 0.480 e. The molecule has 0 bridgehead atoms. The van der Waals surface area contributed by atoms with Gasteiger partial charge in [0.1, 0.15) is 6.04 Å². The lowest BCUT2D eigenvalue weighted by Gasteiger charge is -2.21. The lowest BCUT2D eigenvalue weighted by Crippen LogP contribution is -2.47. The molecule has 0 aromatic heterocycles. The Hall–Kier alpha value is -0.610. The van der Waals surface area contributed by atoms with Crippen LogP contribution in [0, 0.1) is 5.92 Å². The Labute approximate surface area is 78.0 Å². The molecule has 1 aliphatic rings. The van der Waals surface area contributed by atoms with Crippen molar-refractivity contribution in [3.63, 3.8) is 0 Å². The first-order valence-corrected chi connectivity index (χ1v) is 4.69. The Kier molecular flexibility index (Phi) is 3.27. The minimum absolute atomic E-state index is 0.165. The quantitative estimate of drug-likeness (QED) is 0.575. The van der Waals surface area contributed by atoms with E-state index in [9.17, 15) is 9.90 Å². The van der Waals surface area contributed by atoms with Crippen molar-refractivity contribution in [1.82, 2.24) is 5.32 Å². The lowest BCUT2D eigenvalue weighted by molar-refractivity contribution is -0.140. The Balaban J connectivity index is 2.42. The molecule has 3 atom stereocenters. The maximum atomic E-state index is 10.8. The van der Waals surface area contributed by atoms with E-state index in [0.29, 0.717) is 0 Å². The summed E-state index contributed by atoms with van der Waals surface area (Å²) in [6, 6.07) is -0.647. The van der Waals surface area contributed by atoms with Crippen LogP contribution in [-0.4, -0.2) is 34.4 Å². The van der Waals surface area contributed by atoms with Gasteiger partial charge in [0.05, 0.1) is 6.10 Å². The van der Waals surface area contributed by atoms with Gasteiger partial charge in [-0.2, -0.15) is 0 Å². The summed E-state index contributed by atoms with van der Waals surface area (Å²) >= 11 is 0. The highest BCUT2D eigenvalue weighted by Crippen LogP contribution is 2.33. The van der Waals surface area contributed by atoms with Crippen molar-refractivity contribution in [2.45, 2.75) is 44.9 Å². The van der Waals surface area contributed by atoms with Crippen LogP contribution in [0.25, 0.3) is 0 Å². The highest BCUT2D eigenvalue weighted by molar-refractivity contribution is 5.74. The molecule has 1 aliphatic carbocycles. The van der Waals surface area contributed by atoms with Crippen molar-refractivity contribution in [2.75, 3.05) is 0 Å². The summed E-state index contributed by atoms with van der Waals surface area (Å²) in [6.07, 6.45) is 1.45. The summed E-state index contributed by atoms with van der Waals surface area (Å²) in [5.74, 6) is -0.548. The van der Waals surface area contributed by atoms with Gasteiger partial charge in [0.2, 0.25) is 0 Å². The monoisotopic (exact) mass is 187 g/mol. The average Bonchev–Trinajstić information content (AvgIpc) is 2.81. The van der Waals surface area contributed by atoms with Gasteiger partial charge in [-0.15, -0.1) is 0 Å². The van der Waals surface area contributed by atoms with Crippen molar-refractivity contribution < 1.29 is 15.0 Å². The van der Waals surface area contributed by atoms with E-state index in [1.54, 1.807) is 13.8 Å². The van der Waals surface area contributed by atoms with Crippen LogP contribution in [-0.2, 0) is 4.79 Å². The summed E-state index contributed by atoms with van der Waals surface area (Å²) in [5.41, 5.74) is 0. The summed E-state index contributed by atoms with van der Waals surface area (Å²) in [7, 11) is 0. The van der Waals surface area contributed by atoms with Crippen molar-refractivity contribution in [2.24, 2.45) is 5.92 Å². The van der Waals surface area contributed by atoms with Crippen molar-refractivity contribution in [3.05, 3.63) is 0 Å². The maximum Gasteiger partial charge on any atom is 0.320 e. The molecule has 0 radical (unpaired) electrons. The maximum absolute atomic E-state index is 10.8. The average molecular weight is 187 g/mol. The second kappa shape index (κ2) is 4.07. The molecule has 0 heterocycles. The van der Waals surface area contributed by atoms with E-state index in [-0.39, 0.29) is 12.0 Å². The Morgan fingerprint density at radius 2 is 2.00 bits per heavy atom. The summed E-state index contributed by atoms with van der Waals surface area (Å²) in [4.78, 5) is 10.8. The van der Waals surface area contributed by atoms with Crippen LogP contribution in [0.3, 0.4) is 0 Å². The van der Waals surface area contributed by atoms with Crippen molar-refractivity contribution in [1.29, 1.82) is 0 Å². The van der Waals surface area contributed by atoms with Gasteiger partial charge in [-0.25, -0.2) is 0 Å². The molecule has 0 saturated heterocycles. The zero-order chi connectivity index (χ0) is 10.0. The zero-order valence-electron chi connectivity index (χ0n) is 8.03. The molecule has 1 rings (SSSR count). The van der Waals surface area contributed by atoms with E-state index >= 15 is 0 Å². The molecule has 0 amide bonds. The van der Waals surface area contributed by atoms with Gasteiger partial charge in [-0.1, -0.05) is 0 Å². The molecule has 0 spiro atoms. The van der Waals surface area contributed by atoms with Gasteiger partial charge in [0.25, 0.3) is 0 Å². The van der Waals surface area contributed by atoms with Gasteiger partial charge in [-0.3, -0.25) is 10.1 Å². The number of hydrogen-bond acceptors (Lipinski definition) is 3. The van der Waals surface area contributed by atoms with Gasteiger partial charge < -0.3 is 10.2 Å². The topological polar surface area (TPSA) is 69.6 Å². The molecule has 3 unspecified atom stereocenters. The molecular formula is C9H17NO3. The minimum atomic E-state index is -0.810. The first-order chi connectivity index (χ1) is 6.02. The van der Waals surface area contributed by atoms with Crippen LogP contribution in [0.2, 0.25) is 0 Å². The highest BCUT2D eigenvalue weighted by Gasteiger charge is 2.37. The van der Waals surface area contributed by atoms with Gasteiger partial charge in [0.15, 0.2) is 0 Å². The van der Waals surface area contributed by atoms with E-state index in [1.807, 2.05) is 0 Å². The fourth-order valence-electron chi connectivity index (χ4n) is 1.26. The van der Waals surface area contributed by atoms with Crippen LogP contribution in [0.1, 0.15) is 26.7 Å². The van der Waals surface area contributed by atoms with E-state index in [2.05, 4.69) is 5.32 Å². The summed E-state index contributed by atoms with van der Waals surface area (Å²) in [6.45, 7) is 3.45. The van der Waals surface area contributed by atoms with Crippen molar-refractivity contribution >= 4 is 5.97 Å². The molecular weight excluding hydrogens is 170 g/mol. The molecule has 3 N–H and O–H groups in total. The fraction of sp³-hybridized carbons (Fsp3) is 0.889.